The van der Waals surface area contributed by atoms with E-state index < -0.39 is 13.4 Å². The largest absolute Gasteiger partial charge is 0.348 e. The van der Waals surface area contributed by atoms with Gasteiger partial charge in [0.05, 0.1) is 1.37 Å². The number of hydrogen-bond acceptors (Lipinski definition) is 1. The molecule has 0 spiro atoms. The van der Waals surface area contributed by atoms with Crippen LogP contribution in [-0.2, 0) is 4.57 Å². The van der Waals surface area contributed by atoms with Crippen molar-refractivity contribution in [3.05, 3.63) is 11.9 Å². The molecule has 0 amide bonds. The summed E-state index contributed by atoms with van der Waals surface area (Å²) < 4.78 is 17.2. The molecule has 9 heavy (non-hydrogen) atoms. The SMILES string of the molecule is [2H]/C(=C\C(C)C)P(=O)(O)O. The molecular formula is C5H11O3P. The lowest BCUT2D eigenvalue weighted by molar-refractivity contribution is 0.386. The van der Waals surface area contributed by atoms with Gasteiger partial charge in [0.25, 0.3) is 0 Å². The first-order valence-corrected chi connectivity index (χ1v) is 4.20. The van der Waals surface area contributed by atoms with Gasteiger partial charge < -0.3 is 9.79 Å². The van der Waals surface area contributed by atoms with Gasteiger partial charge in [-0.1, -0.05) is 19.9 Å². The maximum Gasteiger partial charge on any atom is 0.348 e. The quantitative estimate of drug-likeness (QED) is 0.585. The average Bonchev–Trinajstić information content (AvgIpc) is 1.60. The zero-order valence-electron chi connectivity index (χ0n) is 6.40. The van der Waals surface area contributed by atoms with E-state index in [9.17, 15) is 4.57 Å². The summed E-state index contributed by atoms with van der Waals surface area (Å²) in [6.07, 6.45) is 1.24. The monoisotopic (exact) mass is 151 g/mol. The minimum atomic E-state index is -4.28. The van der Waals surface area contributed by atoms with Crippen molar-refractivity contribution in [2.45, 2.75) is 13.8 Å². The topological polar surface area (TPSA) is 57.5 Å². The second kappa shape index (κ2) is 3.16. The first-order valence-electron chi connectivity index (χ1n) is 3.08. The molecule has 3 nitrogen and oxygen atoms in total. The van der Waals surface area contributed by atoms with Crippen LogP contribution < -0.4 is 0 Å². The standard InChI is InChI=1S/C5H11O3P/c1-5(2)3-4-9(6,7)8/h3-5H,1-2H3,(H2,6,7,8)/b4-3+/i4D. The van der Waals surface area contributed by atoms with Gasteiger partial charge in [0, 0.05) is 5.79 Å². The van der Waals surface area contributed by atoms with E-state index in [1.807, 2.05) is 0 Å². The van der Waals surface area contributed by atoms with Crippen molar-refractivity contribution >= 4 is 7.60 Å². The smallest absolute Gasteiger partial charge is 0.321 e. The summed E-state index contributed by atoms with van der Waals surface area (Å²) in [6.45, 7) is 3.51. The normalized spacial score (nSPS) is 16.1. The summed E-state index contributed by atoms with van der Waals surface area (Å²) in [7, 11) is -4.28. The third-order valence-electron chi connectivity index (χ3n) is 0.576. The van der Waals surface area contributed by atoms with Crippen LogP contribution in [0.25, 0.3) is 0 Å². The Hall–Kier alpha value is -0.110. The molecule has 0 aliphatic heterocycles. The van der Waals surface area contributed by atoms with Gasteiger partial charge in [0.2, 0.25) is 0 Å². The van der Waals surface area contributed by atoms with Crippen LogP contribution in [-0.4, -0.2) is 9.79 Å². The van der Waals surface area contributed by atoms with Crippen molar-refractivity contribution in [3.63, 3.8) is 0 Å². The van der Waals surface area contributed by atoms with E-state index in [1.165, 1.54) is 6.08 Å². The van der Waals surface area contributed by atoms with Crippen LogP contribution in [0.5, 0.6) is 0 Å². The molecule has 2 N–H and O–H groups in total. The van der Waals surface area contributed by atoms with Crippen molar-refractivity contribution in [1.29, 1.82) is 0 Å². The fourth-order valence-corrected chi connectivity index (χ4v) is 0.739. The molecule has 0 aliphatic rings. The van der Waals surface area contributed by atoms with Crippen LogP contribution in [0.15, 0.2) is 11.9 Å². The lowest BCUT2D eigenvalue weighted by Crippen LogP contribution is -1.77. The van der Waals surface area contributed by atoms with Crippen molar-refractivity contribution < 1.29 is 15.7 Å². The van der Waals surface area contributed by atoms with Gasteiger partial charge in [-0.25, -0.2) is 0 Å². The molecule has 0 saturated carbocycles. The molecule has 0 rings (SSSR count). The Morgan fingerprint density at radius 2 is 2.11 bits per heavy atom. The van der Waals surface area contributed by atoms with E-state index in [0.717, 1.165) is 0 Å². The highest BCUT2D eigenvalue weighted by Gasteiger charge is 2.04. The Labute approximate surface area is 56.0 Å². The lowest BCUT2D eigenvalue weighted by Gasteiger charge is -1.95. The van der Waals surface area contributed by atoms with E-state index in [1.54, 1.807) is 13.8 Å². The second-order valence-electron chi connectivity index (χ2n) is 2.08. The number of rotatable bonds is 2. The van der Waals surface area contributed by atoms with Gasteiger partial charge in [-0.3, -0.25) is 4.57 Å². The van der Waals surface area contributed by atoms with E-state index in [0.29, 0.717) is 0 Å². The molecule has 0 aromatic rings. The minimum absolute atomic E-state index is 0.000116. The minimum Gasteiger partial charge on any atom is -0.321 e. The molecule has 0 aromatic carbocycles. The van der Waals surface area contributed by atoms with Gasteiger partial charge in [-0.2, -0.15) is 0 Å². The van der Waals surface area contributed by atoms with E-state index in [-0.39, 0.29) is 5.92 Å². The summed E-state index contributed by atoms with van der Waals surface area (Å²) >= 11 is 0. The van der Waals surface area contributed by atoms with Crippen LogP contribution in [0.2, 0.25) is 0 Å². The van der Waals surface area contributed by atoms with E-state index in [4.69, 9.17) is 11.2 Å². The van der Waals surface area contributed by atoms with Crippen LogP contribution in [0, 0.1) is 5.92 Å². The number of allylic oxidation sites excluding steroid dienone is 1. The maximum absolute atomic E-state index is 10.3. The Kier molecular flexibility index (Phi) is 2.46. The zero-order valence-corrected chi connectivity index (χ0v) is 6.30. The summed E-state index contributed by atoms with van der Waals surface area (Å²) in [5.41, 5.74) is 0. The third kappa shape index (κ3) is 7.89. The molecular weight excluding hydrogens is 139 g/mol. The summed E-state index contributed by atoms with van der Waals surface area (Å²) in [5, 5.41) is 0. The Balaban J connectivity index is 4.36. The van der Waals surface area contributed by atoms with Crippen LogP contribution in [0.1, 0.15) is 15.2 Å². The lowest BCUT2D eigenvalue weighted by atomic mass is 10.2. The predicted octanol–water partition coefficient (Wildman–Crippen LogP) is 1.33. The molecule has 0 radical (unpaired) electrons. The Morgan fingerprint density at radius 3 is 2.22 bits per heavy atom. The highest BCUT2D eigenvalue weighted by molar-refractivity contribution is 7.55. The molecule has 0 saturated heterocycles. The zero-order chi connectivity index (χ0) is 8.36. The molecule has 4 heteroatoms. The fourth-order valence-electron chi connectivity index (χ4n) is 0.246. The van der Waals surface area contributed by atoms with Crippen LogP contribution in [0.3, 0.4) is 0 Å². The van der Waals surface area contributed by atoms with E-state index >= 15 is 0 Å². The average molecular weight is 151 g/mol. The number of hydrogen-bond donors (Lipinski definition) is 2. The predicted molar refractivity (Wildman–Crippen MR) is 36.0 cm³/mol. The molecule has 54 valence electrons. The van der Waals surface area contributed by atoms with Gasteiger partial charge in [-0.05, 0) is 5.92 Å². The Morgan fingerprint density at radius 1 is 1.67 bits per heavy atom. The van der Waals surface area contributed by atoms with Crippen molar-refractivity contribution in [1.82, 2.24) is 0 Å². The van der Waals surface area contributed by atoms with Gasteiger partial charge in [0.1, 0.15) is 0 Å². The van der Waals surface area contributed by atoms with Crippen molar-refractivity contribution in [2.24, 2.45) is 5.92 Å². The van der Waals surface area contributed by atoms with Gasteiger partial charge in [-0.15, -0.1) is 0 Å². The third-order valence-corrected chi connectivity index (χ3v) is 1.06. The Bertz CT molecular complexity index is 181. The summed E-state index contributed by atoms with van der Waals surface area (Å²) in [6, 6.07) is 0. The molecule has 0 aromatic heterocycles. The molecule has 0 unspecified atom stereocenters. The first-order chi connectivity index (χ1) is 4.34. The van der Waals surface area contributed by atoms with Crippen LogP contribution in [0.4, 0.5) is 0 Å². The van der Waals surface area contributed by atoms with Gasteiger partial charge in [0.15, 0.2) is 0 Å². The second-order valence-corrected chi connectivity index (χ2v) is 3.43. The first kappa shape index (κ1) is 7.00. The van der Waals surface area contributed by atoms with Crippen molar-refractivity contribution in [3.8, 4) is 0 Å². The highest BCUT2D eigenvalue weighted by atomic mass is 31.2. The summed E-state index contributed by atoms with van der Waals surface area (Å²) in [5.74, 6) is -0.595. The fraction of sp³-hybridized carbons (Fsp3) is 0.600. The molecule has 0 aliphatic carbocycles. The van der Waals surface area contributed by atoms with Gasteiger partial charge >= 0.3 is 7.60 Å². The van der Waals surface area contributed by atoms with Crippen molar-refractivity contribution in [2.75, 3.05) is 0 Å². The van der Waals surface area contributed by atoms with Crippen LogP contribution >= 0.6 is 7.60 Å². The molecule has 0 bridgehead atoms. The highest BCUT2D eigenvalue weighted by Crippen LogP contribution is 2.36. The molecule has 0 heterocycles. The van der Waals surface area contributed by atoms with E-state index in [2.05, 4.69) is 0 Å². The summed E-state index contributed by atoms with van der Waals surface area (Å²) in [4.78, 5) is 16.8. The molecule has 0 fully saturated rings. The maximum atomic E-state index is 10.3. The molecule has 0 atom stereocenters.